The number of hydrogen-bond acceptors (Lipinski definition) is 4. The van der Waals surface area contributed by atoms with Crippen LogP contribution in [0, 0.1) is 6.92 Å². The van der Waals surface area contributed by atoms with Crippen molar-refractivity contribution >= 4 is 39.5 Å². The van der Waals surface area contributed by atoms with Crippen molar-refractivity contribution in [2.45, 2.75) is 38.0 Å². The second-order valence-corrected chi connectivity index (χ2v) is 8.51. The number of halogens is 1. The van der Waals surface area contributed by atoms with Crippen molar-refractivity contribution in [2.24, 2.45) is 7.05 Å². The molecular formula is C14H24BrN3S2. The molecule has 1 aromatic rings. The van der Waals surface area contributed by atoms with E-state index in [0.717, 1.165) is 18.7 Å². The van der Waals surface area contributed by atoms with E-state index in [9.17, 15) is 0 Å². The lowest BCUT2D eigenvalue weighted by atomic mass is 10.1. The van der Waals surface area contributed by atoms with Crippen LogP contribution < -0.4 is 5.32 Å². The molecule has 6 heteroatoms. The van der Waals surface area contributed by atoms with E-state index in [1.807, 2.05) is 11.7 Å². The van der Waals surface area contributed by atoms with Crippen molar-refractivity contribution in [3.63, 3.8) is 0 Å². The second-order valence-electron chi connectivity index (χ2n) is 5.22. The summed E-state index contributed by atoms with van der Waals surface area (Å²) in [6.45, 7) is 5.39. The van der Waals surface area contributed by atoms with E-state index >= 15 is 0 Å². The maximum atomic E-state index is 4.52. The molecule has 20 heavy (non-hydrogen) atoms. The topological polar surface area (TPSA) is 29.9 Å². The molecule has 0 radical (unpaired) electrons. The number of aromatic nitrogens is 2. The summed E-state index contributed by atoms with van der Waals surface area (Å²) in [4.78, 5) is 0. The Bertz CT molecular complexity index is 430. The third kappa shape index (κ3) is 4.18. The molecule has 0 aliphatic carbocycles. The van der Waals surface area contributed by atoms with Crippen LogP contribution in [0.15, 0.2) is 4.47 Å². The van der Waals surface area contributed by atoms with Crippen molar-refractivity contribution in [3.05, 3.63) is 15.9 Å². The molecule has 1 aliphatic rings. The number of rotatable bonds is 6. The van der Waals surface area contributed by atoms with Crippen molar-refractivity contribution in [2.75, 3.05) is 23.8 Å². The van der Waals surface area contributed by atoms with Crippen molar-refractivity contribution in [3.8, 4) is 0 Å². The smallest absolute Gasteiger partial charge is 0.0738 e. The van der Waals surface area contributed by atoms with Gasteiger partial charge in [0.15, 0.2) is 0 Å². The maximum absolute atomic E-state index is 4.52. The average molecular weight is 378 g/mol. The zero-order chi connectivity index (χ0) is 14.5. The Morgan fingerprint density at radius 1 is 1.50 bits per heavy atom. The molecule has 0 aromatic carbocycles. The molecule has 114 valence electrons. The zero-order valence-electron chi connectivity index (χ0n) is 12.5. The molecule has 0 bridgehead atoms. The third-order valence-electron chi connectivity index (χ3n) is 3.62. The lowest BCUT2D eigenvalue weighted by molar-refractivity contribution is 0.491. The molecule has 1 fully saturated rings. The predicted octanol–water partition coefficient (Wildman–Crippen LogP) is 3.25. The van der Waals surface area contributed by atoms with Gasteiger partial charge in [0.05, 0.1) is 15.9 Å². The van der Waals surface area contributed by atoms with Gasteiger partial charge in [-0.3, -0.25) is 4.68 Å². The second kappa shape index (κ2) is 8.11. The Hall–Kier alpha value is 0.350. The first-order valence-corrected chi connectivity index (χ1v) is 10.2. The Labute approximate surface area is 139 Å². The number of thioether (sulfide) groups is 2. The van der Waals surface area contributed by atoms with E-state index in [1.165, 1.54) is 33.8 Å². The summed E-state index contributed by atoms with van der Waals surface area (Å²) in [5.41, 5.74) is 2.40. The summed E-state index contributed by atoms with van der Waals surface area (Å²) in [6.07, 6.45) is 2.24. The highest BCUT2D eigenvalue weighted by Crippen LogP contribution is 2.29. The van der Waals surface area contributed by atoms with E-state index < -0.39 is 0 Å². The summed E-state index contributed by atoms with van der Waals surface area (Å²) in [5, 5.41) is 8.98. The van der Waals surface area contributed by atoms with Gasteiger partial charge in [0.1, 0.15) is 0 Å². The van der Waals surface area contributed by atoms with Crippen LogP contribution in [0.5, 0.6) is 0 Å². The molecule has 3 nitrogen and oxygen atoms in total. The lowest BCUT2D eigenvalue weighted by Gasteiger charge is -2.30. The molecule has 0 spiro atoms. The number of hydrogen-bond donors (Lipinski definition) is 1. The number of nitrogens with zero attached hydrogens (tertiary/aromatic N) is 2. The molecule has 2 unspecified atom stereocenters. The fourth-order valence-electron chi connectivity index (χ4n) is 2.51. The quantitative estimate of drug-likeness (QED) is 0.823. The monoisotopic (exact) mass is 377 g/mol. The third-order valence-corrected chi connectivity index (χ3v) is 7.57. The molecular weight excluding hydrogens is 354 g/mol. The summed E-state index contributed by atoms with van der Waals surface area (Å²) in [7, 11) is 2.05. The van der Waals surface area contributed by atoms with Crippen LogP contribution in [0.1, 0.15) is 24.7 Å². The number of nitrogens with one attached hydrogen (secondary N) is 1. The Kier molecular flexibility index (Phi) is 6.78. The first kappa shape index (κ1) is 16.7. The van der Waals surface area contributed by atoms with Crippen LogP contribution in [0.3, 0.4) is 0 Å². The highest BCUT2D eigenvalue weighted by Gasteiger charge is 2.26. The molecule has 1 N–H and O–H groups in total. The van der Waals surface area contributed by atoms with Crippen LogP contribution in [0.4, 0.5) is 0 Å². The van der Waals surface area contributed by atoms with Gasteiger partial charge < -0.3 is 5.32 Å². The first-order chi connectivity index (χ1) is 9.63. The first-order valence-electron chi connectivity index (χ1n) is 7.24. The Morgan fingerprint density at radius 2 is 2.30 bits per heavy atom. The summed E-state index contributed by atoms with van der Waals surface area (Å²) >= 11 is 7.92. The van der Waals surface area contributed by atoms with Crippen LogP contribution in [-0.4, -0.2) is 44.9 Å². The van der Waals surface area contributed by atoms with Crippen LogP contribution >= 0.6 is 39.5 Å². The minimum Gasteiger partial charge on any atom is -0.312 e. The van der Waals surface area contributed by atoms with E-state index in [0.29, 0.717) is 11.3 Å². The minimum atomic E-state index is 0.541. The average Bonchev–Trinajstić information content (AvgIpc) is 2.70. The fraction of sp³-hybridized carbons (Fsp3) is 0.786. The summed E-state index contributed by atoms with van der Waals surface area (Å²) in [5.74, 6) is 3.85. The van der Waals surface area contributed by atoms with Gasteiger partial charge in [0.25, 0.3) is 0 Å². The lowest BCUT2D eigenvalue weighted by Crippen LogP contribution is -2.43. The molecule has 2 rings (SSSR count). The minimum absolute atomic E-state index is 0.541. The SMILES string of the molecule is CCCNC(Cc1c(Br)c(C)nn1C)C1CSCCS1. The molecule has 2 heterocycles. The van der Waals surface area contributed by atoms with Gasteiger partial charge in [-0.25, -0.2) is 0 Å². The molecule has 1 saturated heterocycles. The van der Waals surface area contributed by atoms with E-state index in [1.54, 1.807) is 0 Å². The van der Waals surface area contributed by atoms with Gasteiger partial charge in [-0.1, -0.05) is 6.92 Å². The standard InChI is InChI=1S/C14H24BrN3S2/c1-4-5-16-11(13-9-19-6-7-20-13)8-12-14(15)10(2)17-18(12)3/h11,13,16H,4-9H2,1-3H3. The van der Waals surface area contributed by atoms with Gasteiger partial charge in [-0.05, 0) is 35.8 Å². The molecule has 0 saturated carbocycles. The van der Waals surface area contributed by atoms with Gasteiger partial charge in [-0.15, -0.1) is 0 Å². The molecule has 1 aliphatic heterocycles. The summed E-state index contributed by atoms with van der Waals surface area (Å²) in [6, 6.07) is 0.541. The maximum Gasteiger partial charge on any atom is 0.0738 e. The van der Waals surface area contributed by atoms with Crippen LogP contribution in [0.2, 0.25) is 0 Å². The van der Waals surface area contributed by atoms with Gasteiger partial charge in [0.2, 0.25) is 0 Å². The van der Waals surface area contributed by atoms with Crippen LogP contribution in [0.25, 0.3) is 0 Å². The van der Waals surface area contributed by atoms with Gasteiger partial charge in [0, 0.05) is 42.0 Å². The van der Waals surface area contributed by atoms with Crippen molar-refractivity contribution in [1.29, 1.82) is 0 Å². The van der Waals surface area contributed by atoms with E-state index in [2.05, 4.69) is 63.7 Å². The largest absolute Gasteiger partial charge is 0.312 e. The Balaban J connectivity index is 2.09. The van der Waals surface area contributed by atoms with Gasteiger partial charge in [-0.2, -0.15) is 28.6 Å². The molecule has 1 aromatic heterocycles. The van der Waals surface area contributed by atoms with Gasteiger partial charge >= 0.3 is 0 Å². The van der Waals surface area contributed by atoms with Crippen molar-refractivity contribution < 1.29 is 0 Å². The van der Waals surface area contributed by atoms with Crippen molar-refractivity contribution in [1.82, 2.24) is 15.1 Å². The molecule has 2 atom stereocenters. The van der Waals surface area contributed by atoms with Crippen LogP contribution in [-0.2, 0) is 13.5 Å². The predicted molar refractivity (Wildman–Crippen MR) is 95.0 cm³/mol. The van der Waals surface area contributed by atoms with E-state index in [4.69, 9.17) is 0 Å². The van der Waals surface area contributed by atoms with E-state index in [-0.39, 0.29) is 0 Å². The molecule has 0 amide bonds. The number of aryl methyl sites for hydroxylation is 2. The zero-order valence-corrected chi connectivity index (χ0v) is 15.7. The Morgan fingerprint density at radius 3 is 2.85 bits per heavy atom. The summed E-state index contributed by atoms with van der Waals surface area (Å²) < 4.78 is 3.21. The fourth-order valence-corrected chi connectivity index (χ4v) is 5.90. The highest BCUT2D eigenvalue weighted by atomic mass is 79.9. The normalized spacial score (nSPS) is 21.1. The highest BCUT2D eigenvalue weighted by molar-refractivity contribution is 9.10.